The maximum atomic E-state index is 12.5. The first-order valence-corrected chi connectivity index (χ1v) is 9.29. The quantitative estimate of drug-likeness (QED) is 0.293. The van der Waals surface area contributed by atoms with Crippen LogP contribution in [0.1, 0.15) is 21.7 Å². The molecule has 0 aliphatic heterocycles. The van der Waals surface area contributed by atoms with Gasteiger partial charge in [-0.1, -0.05) is 60.7 Å². The van der Waals surface area contributed by atoms with E-state index in [1.165, 1.54) is 6.08 Å². The van der Waals surface area contributed by atoms with Crippen LogP contribution in [0.25, 0.3) is 17.0 Å². The zero-order valence-electron chi connectivity index (χ0n) is 16.0. The number of furan rings is 1. The Labute approximate surface area is 169 Å². The van der Waals surface area contributed by atoms with Crippen LogP contribution in [0.3, 0.4) is 0 Å². The highest BCUT2D eigenvalue weighted by Gasteiger charge is 2.10. The third kappa shape index (κ3) is 4.38. The molecule has 29 heavy (non-hydrogen) atoms. The molecule has 1 aromatic heterocycles. The second kappa shape index (κ2) is 8.48. The smallest absolute Gasteiger partial charge is 0.221 e. The molecule has 4 rings (SSSR count). The summed E-state index contributed by atoms with van der Waals surface area (Å²) < 4.78 is 16.9. The number of fused-ring (bicyclic) bond motifs is 1. The number of methoxy groups -OCH3 is 1. The van der Waals surface area contributed by atoms with Gasteiger partial charge < -0.3 is 13.9 Å². The minimum absolute atomic E-state index is 0.191. The van der Waals surface area contributed by atoms with Crippen molar-refractivity contribution in [1.82, 2.24) is 0 Å². The van der Waals surface area contributed by atoms with Crippen molar-refractivity contribution in [1.29, 1.82) is 0 Å². The average molecular weight is 384 g/mol. The molecule has 0 N–H and O–H groups in total. The van der Waals surface area contributed by atoms with E-state index in [-0.39, 0.29) is 5.78 Å². The number of benzene rings is 3. The normalized spacial score (nSPS) is 11.1. The minimum Gasteiger partial charge on any atom is -0.493 e. The summed E-state index contributed by atoms with van der Waals surface area (Å²) in [6.07, 6.45) is 3.24. The summed E-state index contributed by atoms with van der Waals surface area (Å²) in [4.78, 5) is 12.5. The molecule has 0 aliphatic rings. The molecule has 3 aromatic carbocycles. The third-order valence-corrected chi connectivity index (χ3v) is 4.52. The van der Waals surface area contributed by atoms with Crippen LogP contribution in [0.15, 0.2) is 89.4 Å². The Kier molecular flexibility index (Phi) is 5.43. The van der Waals surface area contributed by atoms with E-state index in [0.717, 1.165) is 16.5 Å². The largest absolute Gasteiger partial charge is 0.493 e. The minimum atomic E-state index is -0.191. The summed E-state index contributed by atoms with van der Waals surface area (Å²) in [5.74, 6) is 1.39. The second-order valence-electron chi connectivity index (χ2n) is 6.53. The molecule has 1 heterocycles. The van der Waals surface area contributed by atoms with Crippen molar-refractivity contribution in [3.05, 3.63) is 102 Å². The van der Waals surface area contributed by atoms with Crippen LogP contribution >= 0.6 is 0 Å². The Hall–Kier alpha value is -3.79. The van der Waals surface area contributed by atoms with Gasteiger partial charge in [-0.25, -0.2) is 0 Å². The zero-order chi connectivity index (χ0) is 20.1. The Morgan fingerprint density at radius 1 is 0.931 bits per heavy atom. The maximum absolute atomic E-state index is 12.5. The Morgan fingerprint density at radius 2 is 1.72 bits per heavy atom. The van der Waals surface area contributed by atoms with Crippen LogP contribution < -0.4 is 9.47 Å². The van der Waals surface area contributed by atoms with Crippen LogP contribution in [0.2, 0.25) is 0 Å². The highest BCUT2D eigenvalue weighted by Crippen LogP contribution is 2.29. The van der Waals surface area contributed by atoms with Gasteiger partial charge >= 0.3 is 0 Å². The number of carbonyl (C=O) groups is 1. The molecule has 0 atom stereocenters. The van der Waals surface area contributed by atoms with E-state index in [9.17, 15) is 4.79 Å². The van der Waals surface area contributed by atoms with Crippen molar-refractivity contribution in [2.75, 3.05) is 7.11 Å². The van der Waals surface area contributed by atoms with Crippen LogP contribution in [0.5, 0.6) is 11.5 Å². The lowest BCUT2D eigenvalue weighted by atomic mass is 10.1. The fourth-order valence-corrected chi connectivity index (χ4v) is 3.00. The first-order chi connectivity index (χ1) is 14.2. The molecule has 0 bridgehead atoms. The molecule has 0 fully saturated rings. The molecule has 0 radical (unpaired) electrons. The van der Waals surface area contributed by atoms with Gasteiger partial charge in [-0.15, -0.1) is 0 Å². The van der Waals surface area contributed by atoms with Crippen LogP contribution in [0, 0.1) is 0 Å². The van der Waals surface area contributed by atoms with E-state index in [2.05, 4.69) is 0 Å². The van der Waals surface area contributed by atoms with Crippen molar-refractivity contribution in [3.8, 4) is 11.5 Å². The second-order valence-corrected chi connectivity index (χ2v) is 6.53. The van der Waals surface area contributed by atoms with Gasteiger partial charge in [0.05, 0.1) is 7.11 Å². The summed E-state index contributed by atoms with van der Waals surface area (Å²) in [6, 6.07) is 24.8. The van der Waals surface area contributed by atoms with Crippen LogP contribution in [0.4, 0.5) is 0 Å². The molecule has 144 valence electrons. The number of para-hydroxylation sites is 1. The number of ether oxygens (including phenoxy) is 2. The molecule has 0 spiro atoms. The molecule has 4 aromatic rings. The first kappa shape index (κ1) is 18.6. The SMILES string of the molecule is COc1ccc(/C=C/C(=O)c2cc3ccccc3o2)cc1OCc1ccccc1. The summed E-state index contributed by atoms with van der Waals surface area (Å²) in [6.45, 7) is 0.433. The molecule has 0 amide bonds. The highest BCUT2D eigenvalue weighted by molar-refractivity contribution is 6.07. The topological polar surface area (TPSA) is 48.7 Å². The molecular weight excluding hydrogens is 364 g/mol. The first-order valence-electron chi connectivity index (χ1n) is 9.29. The van der Waals surface area contributed by atoms with E-state index >= 15 is 0 Å². The fourth-order valence-electron chi connectivity index (χ4n) is 3.00. The van der Waals surface area contributed by atoms with E-state index in [0.29, 0.717) is 29.4 Å². The zero-order valence-corrected chi connectivity index (χ0v) is 16.0. The summed E-state index contributed by atoms with van der Waals surface area (Å²) >= 11 is 0. The number of rotatable bonds is 7. The lowest BCUT2D eigenvalue weighted by Gasteiger charge is -2.11. The van der Waals surface area contributed by atoms with Gasteiger partial charge in [0.2, 0.25) is 5.78 Å². The van der Waals surface area contributed by atoms with Gasteiger partial charge in [0.25, 0.3) is 0 Å². The van der Waals surface area contributed by atoms with Crippen molar-refractivity contribution in [2.45, 2.75) is 6.61 Å². The summed E-state index contributed by atoms with van der Waals surface area (Å²) in [5, 5.41) is 0.908. The molecule has 0 unspecified atom stereocenters. The number of carbonyl (C=O) groups excluding carboxylic acids is 1. The molecule has 4 heteroatoms. The van der Waals surface area contributed by atoms with E-state index in [1.807, 2.05) is 72.8 Å². The Bertz CT molecular complexity index is 1120. The number of hydrogen-bond donors (Lipinski definition) is 0. The van der Waals surface area contributed by atoms with Gasteiger partial charge in [0.1, 0.15) is 12.2 Å². The van der Waals surface area contributed by atoms with Gasteiger partial charge in [0.15, 0.2) is 17.3 Å². The molecule has 0 saturated heterocycles. The van der Waals surface area contributed by atoms with Gasteiger partial charge in [-0.05, 0) is 41.5 Å². The number of ketones is 1. The predicted octanol–water partition coefficient (Wildman–Crippen LogP) is 5.92. The van der Waals surface area contributed by atoms with Crippen LogP contribution in [-0.2, 0) is 6.61 Å². The molecule has 0 aliphatic carbocycles. The standard InChI is InChI=1S/C25H20O4/c1-27-23-14-12-18(15-25(23)28-17-19-7-3-2-4-8-19)11-13-21(26)24-16-20-9-5-6-10-22(20)29-24/h2-16H,17H2,1H3/b13-11+. The Balaban J connectivity index is 1.51. The van der Waals surface area contributed by atoms with Crippen molar-refractivity contribution in [2.24, 2.45) is 0 Å². The summed E-state index contributed by atoms with van der Waals surface area (Å²) in [5.41, 5.74) is 2.60. The number of allylic oxidation sites excluding steroid dienone is 1. The summed E-state index contributed by atoms with van der Waals surface area (Å²) in [7, 11) is 1.60. The number of hydrogen-bond acceptors (Lipinski definition) is 4. The van der Waals surface area contributed by atoms with Crippen molar-refractivity contribution in [3.63, 3.8) is 0 Å². The lowest BCUT2D eigenvalue weighted by Crippen LogP contribution is -1.98. The highest BCUT2D eigenvalue weighted by atomic mass is 16.5. The van der Waals surface area contributed by atoms with E-state index in [1.54, 1.807) is 19.3 Å². The maximum Gasteiger partial charge on any atom is 0.221 e. The monoisotopic (exact) mass is 384 g/mol. The fraction of sp³-hybridized carbons (Fsp3) is 0.0800. The predicted molar refractivity (Wildman–Crippen MR) is 113 cm³/mol. The molecule has 0 saturated carbocycles. The molecular formula is C25H20O4. The Morgan fingerprint density at radius 3 is 2.52 bits per heavy atom. The van der Waals surface area contributed by atoms with E-state index in [4.69, 9.17) is 13.9 Å². The van der Waals surface area contributed by atoms with Gasteiger partial charge in [-0.2, -0.15) is 0 Å². The van der Waals surface area contributed by atoms with E-state index < -0.39 is 0 Å². The lowest BCUT2D eigenvalue weighted by molar-refractivity contribution is 0.102. The molecule has 4 nitrogen and oxygen atoms in total. The van der Waals surface area contributed by atoms with Gasteiger partial charge in [0, 0.05) is 5.39 Å². The third-order valence-electron chi connectivity index (χ3n) is 4.52. The van der Waals surface area contributed by atoms with Gasteiger partial charge in [-0.3, -0.25) is 4.79 Å². The average Bonchev–Trinajstić information content (AvgIpc) is 3.21. The van der Waals surface area contributed by atoms with Crippen LogP contribution in [-0.4, -0.2) is 12.9 Å². The van der Waals surface area contributed by atoms with Crippen molar-refractivity contribution < 1.29 is 18.7 Å². The van der Waals surface area contributed by atoms with Crippen molar-refractivity contribution >= 4 is 22.8 Å².